The number of phenols is 1. The molecule has 0 aliphatic heterocycles. The van der Waals surface area contributed by atoms with Crippen LogP contribution in [0.3, 0.4) is 0 Å². The van der Waals surface area contributed by atoms with Crippen LogP contribution in [0, 0.1) is 0 Å². The van der Waals surface area contributed by atoms with Crippen LogP contribution in [0.5, 0.6) is 5.75 Å². The molecule has 1 atom stereocenters. The highest BCUT2D eigenvalue weighted by atomic mass is 16.5. The fourth-order valence-corrected chi connectivity index (χ4v) is 3.93. The number of aromatic hydroxyl groups is 1. The number of ether oxygens (including phenoxy) is 1. The highest BCUT2D eigenvalue weighted by Gasteiger charge is 2.12. The van der Waals surface area contributed by atoms with Gasteiger partial charge in [0.2, 0.25) is 0 Å². The minimum Gasteiger partial charge on any atom is -0.507 e. The number of phenolic OH excluding ortho intramolecular Hbond substituents is 1. The minimum absolute atomic E-state index is 0.177. The van der Waals surface area contributed by atoms with E-state index in [1.807, 2.05) is 52.8 Å². The van der Waals surface area contributed by atoms with Gasteiger partial charge in [0.1, 0.15) is 13.6 Å². The van der Waals surface area contributed by atoms with E-state index in [0.29, 0.717) is 5.46 Å². The lowest BCUT2D eigenvalue weighted by Gasteiger charge is -2.16. The second kappa shape index (κ2) is 20.6. The Morgan fingerprint density at radius 2 is 1.62 bits per heavy atom. The maximum Gasteiger partial charge on any atom is 0.122 e. The van der Waals surface area contributed by atoms with E-state index in [1.54, 1.807) is 12.1 Å². The molecule has 0 amide bonds. The van der Waals surface area contributed by atoms with Gasteiger partial charge in [-0.3, -0.25) is 0 Å². The zero-order chi connectivity index (χ0) is 30.7. The number of nitrogens with one attached hydrogen (secondary N) is 1. The molecule has 0 aromatic heterocycles. The van der Waals surface area contributed by atoms with Gasteiger partial charge in [-0.1, -0.05) is 102 Å². The van der Waals surface area contributed by atoms with Crippen LogP contribution >= 0.6 is 0 Å². The molecule has 0 spiro atoms. The van der Waals surface area contributed by atoms with Crippen LogP contribution in [0.15, 0.2) is 96.8 Å². The summed E-state index contributed by atoms with van der Waals surface area (Å²) >= 11 is 0. The van der Waals surface area contributed by atoms with Crippen LogP contribution in [0.1, 0.15) is 98.3 Å². The third-order valence-electron chi connectivity index (χ3n) is 5.88. The van der Waals surface area contributed by atoms with Gasteiger partial charge in [0.05, 0.1) is 6.10 Å². The van der Waals surface area contributed by atoms with Crippen molar-refractivity contribution in [1.82, 2.24) is 0 Å². The first-order valence-corrected chi connectivity index (χ1v) is 14.5. The van der Waals surface area contributed by atoms with E-state index in [4.69, 9.17) is 12.6 Å². The van der Waals surface area contributed by atoms with Crippen molar-refractivity contribution < 1.29 is 9.84 Å². The Balaban J connectivity index is 0.000000730. The molecular formula is C36H52BNO2. The van der Waals surface area contributed by atoms with Gasteiger partial charge in [-0.25, -0.2) is 0 Å². The Morgan fingerprint density at radius 1 is 1.00 bits per heavy atom. The summed E-state index contributed by atoms with van der Waals surface area (Å²) < 4.78 is 5.81. The molecule has 1 unspecified atom stereocenters. The zero-order valence-corrected chi connectivity index (χ0v) is 26.4. The van der Waals surface area contributed by atoms with Crippen molar-refractivity contribution in [1.29, 1.82) is 0 Å². The highest BCUT2D eigenvalue weighted by molar-refractivity contribution is 6.32. The van der Waals surface area contributed by atoms with Crippen molar-refractivity contribution in [2.75, 3.05) is 11.9 Å². The smallest absolute Gasteiger partial charge is 0.122 e. The van der Waals surface area contributed by atoms with Crippen molar-refractivity contribution in [2.45, 2.75) is 87.2 Å². The van der Waals surface area contributed by atoms with Gasteiger partial charge < -0.3 is 15.2 Å². The Kier molecular flexibility index (Phi) is 19.0. The molecule has 2 rings (SSSR count). The SMILES string of the molecule is C=C(C)Nc1ccc(C(CC)OCCC)cc1.CC.[B]c1ccc(/C(=C/C(=C/C)C(=C)C)C(=C)CCC)c(O)c1. The molecule has 40 heavy (non-hydrogen) atoms. The van der Waals surface area contributed by atoms with Gasteiger partial charge in [-0.15, -0.1) is 0 Å². The molecule has 0 aliphatic rings. The third kappa shape index (κ3) is 13.2. The van der Waals surface area contributed by atoms with Crippen molar-refractivity contribution in [3.8, 4) is 5.75 Å². The van der Waals surface area contributed by atoms with Crippen LogP contribution in [-0.4, -0.2) is 19.6 Å². The summed E-state index contributed by atoms with van der Waals surface area (Å²) in [4.78, 5) is 0. The molecular weight excluding hydrogens is 489 g/mol. The molecule has 216 valence electrons. The molecule has 0 saturated carbocycles. The summed E-state index contributed by atoms with van der Waals surface area (Å²) in [7, 11) is 5.71. The van der Waals surface area contributed by atoms with Gasteiger partial charge in [0.25, 0.3) is 0 Å². The topological polar surface area (TPSA) is 41.5 Å². The molecule has 4 heteroatoms. The molecule has 0 aliphatic carbocycles. The van der Waals surface area contributed by atoms with Crippen LogP contribution in [0.25, 0.3) is 5.57 Å². The first kappa shape index (κ1) is 36.8. The maximum atomic E-state index is 10.2. The molecule has 2 radical (unpaired) electrons. The summed E-state index contributed by atoms with van der Waals surface area (Å²) in [6, 6.07) is 13.6. The summed E-state index contributed by atoms with van der Waals surface area (Å²) in [5.41, 5.74) is 8.52. The van der Waals surface area contributed by atoms with Crippen molar-refractivity contribution in [3.63, 3.8) is 0 Å². The first-order valence-electron chi connectivity index (χ1n) is 14.5. The van der Waals surface area contributed by atoms with Crippen LogP contribution in [0.4, 0.5) is 5.69 Å². The molecule has 2 aromatic carbocycles. The van der Waals surface area contributed by atoms with Gasteiger partial charge in [0, 0.05) is 23.6 Å². The van der Waals surface area contributed by atoms with E-state index in [0.717, 1.165) is 71.5 Å². The normalized spacial score (nSPS) is 11.8. The highest BCUT2D eigenvalue weighted by Crippen LogP contribution is 2.33. The van der Waals surface area contributed by atoms with Crippen LogP contribution < -0.4 is 10.8 Å². The van der Waals surface area contributed by atoms with Crippen LogP contribution in [-0.2, 0) is 4.74 Å². The van der Waals surface area contributed by atoms with E-state index >= 15 is 0 Å². The fraction of sp³-hybridized carbons (Fsp3) is 0.389. The number of hydrogen-bond acceptors (Lipinski definition) is 3. The van der Waals surface area contributed by atoms with Crippen LogP contribution in [0.2, 0.25) is 0 Å². The van der Waals surface area contributed by atoms with Gasteiger partial charge >= 0.3 is 0 Å². The molecule has 2 N–H and O–H groups in total. The summed E-state index contributed by atoms with van der Waals surface area (Å²) in [5, 5.41) is 13.4. The number of allylic oxidation sites excluding steroid dienone is 7. The summed E-state index contributed by atoms with van der Waals surface area (Å²) in [6.45, 7) is 29.1. The number of benzene rings is 2. The lowest BCUT2D eigenvalue weighted by molar-refractivity contribution is 0.0505. The zero-order valence-electron chi connectivity index (χ0n) is 26.4. The fourth-order valence-electron chi connectivity index (χ4n) is 3.93. The average Bonchev–Trinajstić information content (AvgIpc) is 2.92. The molecule has 0 saturated heterocycles. The van der Waals surface area contributed by atoms with E-state index in [-0.39, 0.29) is 11.9 Å². The second-order valence-electron chi connectivity index (χ2n) is 9.51. The van der Waals surface area contributed by atoms with E-state index in [2.05, 4.69) is 70.1 Å². The van der Waals surface area contributed by atoms with E-state index < -0.39 is 0 Å². The monoisotopic (exact) mass is 541 g/mol. The minimum atomic E-state index is 0.177. The lowest BCUT2D eigenvalue weighted by atomic mass is 9.88. The Hall–Kier alpha value is -3.24. The van der Waals surface area contributed by atoms with Crippen molar-refractivity contribution in [2.24, 2.45) is 0 Å². The predicted octanol–water partition coefficient (Wildman–Crippen LogP) is 9.98. The Morgan fingerprint density at radius 3 is 2.08 bits per heavy atom. The second-order valence-corrected chi connectivity index (χ2v) is 9.51. The summed E-state index contributed by atoms with van der Waals surface area (Å²) in [5.74, 6) is 0.177. The Bertz CT molecular complexity index is 1130. The number of anilines is 1. The molecule has 2 aromatic rings. The summed E-state index contributed by atoms with van der Waals surface area (Å²) in [6.07, 6.45) is 8.21. The third-order valence-corrected chi connectivity index (χ3v) is 5.88. The molecule has 0 heterocycles. The van der Waals surface area contributed by atoms with Gasteiger partial charge in [-0.05, 0) is 86.6 Å². The largest absolute Gasteiger partial charge is 0.507 e. The molecule has 3 nitrogen and oxygen atoms in total. The quantitative estimate of drug-likeness (QED) is 0.196. The maximum absolute atomic E-state index is 10.2. The number of rotatable bonds is 13. The van der Waals surface area contributed by atoms with Gasteiger partial charge in [0.15, 0.2) is 0 Å². The lowest BCUT2D eigenvalue weighted by Crippen LogP contribution is -2.04. The number of hydrogen-bond donors (Lipinski definition) is 2. The van der Waals surface area contributed by atoms with E-state index in [9.17, 15) is 5.11 Å². The van der Waals surface area contributed by atoms with E-state index in [1.165, 1.54) is 5.56 Å². The first-order chi connectivity index (χ1) is 19.1. The standard InChI is InChI=1S/C19H23BO.C15H23NO.C2H6/c1-6-8-14(5)18(11-15(7-2)13(3)4)17-10-9-16(20)12-19(17)21;1-5-11-17-15(6-2)13-7-9-14(10-8-13)16-12(3)4;1-2/h7,9-12,21H,3,5-6,8H2,1-2,4H3;7-10,15-16H,3,5-6,11H2,1-2,4H3;1-2H3/b15-7-,18-11+;;. The van der Waals surface area contributed by atoms with Crippen molar-refractivity contribution >= 4 is 24.6 Å². The predicted molar refractivity (Wildman–Crippen MR) is 180 cm³/mol. The molecule has 0 bridgehead atoms. The molecule has 0 fully saturated rings. The average molecular weight is 542 g/mol. The Labute approximate surface area is 246 Å². The van der Waals surface area contributed by atoms with Gasteiger partial charge in [-0.2, -0.15) is 0 Å². The van der Waals surface area contributed by atoms with Crippen molar-refractivity contribution in [3.05, 3.63) is 108 Å².